The molecule has 0 spiro atoms. The first kappa shape index (κ1) is 17.6. The summed E-state index contributed by atoms with van der Waals surface area (Å²) in [5.74, 6) is -0.0833. The second-order valence-corrected chi connectivity index (χ2v) is 7.44. The molecule has 0 atom stereocenters. The zero-order valence-electron chi connectivity index (χ0n) is 14.4. The number of nitrogens with one attached hydrogen (secondary N) is 1. The van der Waals surface area contributed by atoms with Gasteiger partial charge in [-0.05, 0) is 61.2 Å². The van der Waals surface area contributed by atoms with Gasteiger partial charge in [0.1, 0.15) is 0 Å². The number of benzene rings is 2. The predicted molar refractivity (Wildman–Crippen MR) is 106 cm³/mol. The minimum atomic E-state index is -0.0833. The summed E-state index contributed by atoms with van der Waals surface area (Å²) in [5.41, 5.74) is 6.62. The van der Waals surface area contributed by atoms with Crippen LogP contribution >= 0.6 is 22.9 Å². The van der Waals surface area contributed by atoms with Crippen LogP contribution in [0.3, 0.4) is 0 Å². The van der Waals surface area contributed by atoms with E-state index in [-0.39, 0.29) is 5.91 Å². The summed E-state index contributed by atoms with van der Waals surface area (Å²) in [7, 11) is 0. The van der Waals surface area contributed by atoms with Gasteiger partial charge in [-0.1, -0.05) is 29.8 Å². The summed E-state index contributed by atoms with van der Waals surface area (Å²) in [5, 5.41) is 6.14. The maximum atomic E-state index is 12.2. The van der Waals surface area contributed by atoms with Gasteiger partial charge in [0.2, 0.25) is 5.91 Å². The molecule has 0 aliphatic heterocycles. The van der Waals surface area contributed by atoms with Gasteiger partial charge in [-0.2, -0.15) is 0 Å². The van der Waals surface area contributed by atoms with Gasteiger partial charge < -0.3 is 5.32 Å². The molecule has 0 saturated heterocycles. The molecule has 0 unspecified atom stereocenters. The van der Waals surface area contributed by atoms with E-state index in [4.69, 9.17) is 11.6 Å². The Morgan fingerprint density at radius 3 is 2.48 bits per heavy atom. The van der Waals surface area contributed by atoms with Crippen LogP contribution in [-0.2, 0) is 11.2 Å². The molecule has 0 fully saturated rings. The molecule has 3 rings (SSSR count). The van der Waals surface area contributed by atoms with Crippen LogP contribution < -0.4 is 5.32 Å². The SMILES string of the molecule is Cc1cc(C)c(-c2csc(NC(=O)Cc3ccc(Cl)cc3)n2)cc1C. The van der Waals surface area contributed by atoms with Crippen molar-refractivity contribution >= 4 is 34.0 Å². The maximum Gasteiger partial charge on any atom is 0.230 e. The molecule has 3 nitrogen and oxygen atoms in total. The molecule has 0 saturated carbocycles. The van der Waals surface area contributed by atoms with E-state index < -0.39 is 0 Å². The monoisotopic (exact) mass is 370 g/mol. The largest absolute Gasteiger partial charge is 0.302 e. The summed E-state index contributed by atoms with van der Waals surface area (Å²) in [4.78, 5) is 16.8. The Morgan fingerprint density at radius 2 is 1.76 bits per heavy atom. The molecule has 1 amide bonds. The second-order valence-electron chi connectivity index (χ2n) is 6.14. The van der Waals surface area contributed by atoms with Gasteiger partial charge in [0, 0.05) is 16.0 Å². The lowest BCUT2D eigenvalue weighted by atomic mass is 9.99. The van der Waals surface area contributed by atoms with Crippen molar-refractivity contribution in [3.05, 3.63) is 69.1 Å². The lowest BCUT2D eigenvalue weighted by Crippen LogP contribution is -2.14. The number of anilines is 1. The van der Waals surface area contributed by atoms with Gasteiger partial charge >= 0.3 is 0 Å². The highest BCUT2D eigenvalue weighted by molar-refractivity contribution is 7.14. The lowest BCUT2D eigenvalue weighted by molar-refractivity contribution is -0.115. The summed E-state index contributed by atoms with van der Waals surface area (Å²) < 4.78 is 0. The summed E-state index contributed by atoms with van der Waals surface area (Å²) in [6.45, 7) is 6.29. The number of carbonyl (C=O) groups is 1. The fourth-order valence-electron chi connectivity index (χ4n) is 2.64. The highest BCUT2D eigenvalue weighted by Gasteiger charge is 2.11. The quantitative estimate of drug-likeness (QED) is 0.652. The molecule has 1 N–H and O–H groups in total. The molecule has 1 aromatic heterocycles. The van der Waals surface area contributed by atoms with Crippen molar-refractivity contribution < 1.29 is 4.79 Å². The number of amides is 1. The third-order valence-electron chi connectivity index (χ3n) is 4.15. The number of thiazole rings is 1. The van der Waals surface area contributed by atoms with Crippen LogP contribution in [0.5, 0.6) is 0 Å². The molecular formula is C20H19ClN2OS. The van der Waals surface area contributed by atoms with Crippen LogP contribution in [0.15, 0.2) is 41.8 Å². The number of aryl methyl sites for hydroxylation is 3. The predicted octanol–water partition coefficient (Wildman–Crippen LogP) is 5.57. The Balaban J connectivity index is 1.72. The minimum absolute atomic E-state index is 0.0833. The van der Waals surface area contributed by atoms with E-state index in [9.17, 15) is 4.79 Å². The topological polar surface area (TPSA) is 42.0 Å². The van der Waals surface area contributed by atoms with Crippen LogP contribution in [0.1, 0.15) is 22.3 Å². The van der Waals surface area contributed by atoms with Crippen LogP contribution in [0, 0.1) is 20.8 Å². The second kappa shape index (κ2) is 7.38. The number of aromatic nitrogens is 1. The summed E-state index contributed by atoms with van der Waals surface area (Å²) in [6.07, 6.45) is 0.300. The first-order valence-corrected chi connectivity index (χ1v) is 9.26. The molecule has 1 heterocycles. The van der Waals surface area contributed by atoms with Gasteiger partial charge in [0.15, 0.2) is 5.13 Å². The molecule has 0 radical (unpaired) electrons. The Kier molecular flexibility index (Phi) is 5.21. The highest BCUT2D eigenvalue weighted by Crippen LogP contribution is 2.29. The Bertz CT molecular complexity index is 916. The smallest absolute Gasteiger partial charge is 0.230 e. The standard InChI is InChI=1S/C20H19ClN2OS/c1-12-8-14(3)17(9-13(12)2)18-11-25-20(22-18)23-19(24)10-15-4-6-16(21)7-5-15/h4-9,11H,10H2,1-3H3,(H,22,23,24). The third kappa shape index (κ3) is 4.27. The molecule has 2 aromatic carbocycles. The normalized spacial score (nSPS) is 10.7. The van der Waals surface area contributed by atoms with E-state index in [0.717, 1.165) is 16.8 Å². The third-order valence-corrected chi connectivity index (χ3v) is 5.15. The maximum absolute atomic E-state index is 12.2. The summed E-state index contributed by atoms with van der Waals surface area (Å²) >= 11 is 7.30. The van der Waals surface area contributed by atoms with E-state index >= 15 is 0 Å². The van der Waals surface area contributed by atoms with Crippen LogP contribution in [0.4, 0.5) is 5.13 Å². The molecule has 25 heavy (non-hydrogen) atoms. The molecular weight excluding hydrogens is 352 g/mol. The first-order valence-electron chi connectivity index (χ1n) is 8.00. The number of carbonyl (C=O) groups excluding carboxylic acids is 1. The number of halogens is 1. The fraction of sp³-hybridized carbons (Fsp3) is 0.200. The minimum Gasteiger partial charge on any atom is -0.302 e. The average molecular weight is 371 g/mol. The van der Waals surface area contributed by atoms with Crippen LogP contribution in [0.2, 0.25) is 5.02 Å². The van der Waals surface area contributed by atoms with E-state index in [1.807, 2.05) is 17.5 Å². The van der Waals surface area contributed by atoms with Crippen molar-refractivity contribution in [2.45, 2.75) is 27.2 Å². The van der Waals surface area contributed by atoms with Crippen LogP contribution in [0.25, 0.3) is 11.3 Å². The van der Waals surface area contributed by atoms with Gasteiger partial charge in [-0.25, -0.2) is 4.98 Å². The Morgan fingerprint density at radius 1 is 1.08 bits per heavy atom. The number of hydrogen-bond donors (Lipinski definition) is 1. The molecule has 0 bridgehead atoms. The van der Waals surface area contributed by atoms with Gasteiger partial charge in [-0.15, -0.1) is 11.3 Å². The summed E-state index contributed by atoms with van der Waals surface area (Å²) in [6, 6.07) is 11.6. The molecule has 128 valence electrons. The zero-order valence-corrected chi connectivity index (χ0v) is 16.0. The fourth-order valence-corrected chi connectivity index (χ4v) is 3.50. The molecule has 0 aliphatic rings. The Labute approximate surface area is 156 Å². The van der Waals surface area contributed by atoms with Crippen molar-refractivity contribution in [2.75, 3.05) is 5.32 Å². The molecule has 5 heteroatoms. The highest BCUT2D eigenvalue weighted by atomic mass is 35.5. The van der Waals surface area contributed by atoms with E-state index in [2.05, 4.69) is 43.2 Å². The van der Waals surface area contributed by atoms with Crippen molar-refractivity contribution in [3.63, 3.8) is 0 Å². The zero-order chi connectivity index (χ0) is 18.0. The van der Waals surface area contributed by atoms with E-state index in [1.165, 1.54) is 28.0 Å². The Hall–Kier alpha value is -2.17. The molecule has 3 aromatic rings. The average Bonchev–Trinajstić information content (AvgIpc) is 3.01. The van der Waals surface area contributed by atoms with E-state index in [0.29, 0.717) is 16.6 Å². The van der Waals surface area contributed by atoms with Crippen molar-refractivity contribution in [1.29, 1.82) is 0 Å². The van der Waals surface area contributed by atoms with Crippen molar-refractivity contribution in [2.24, 2.45) is 0 Å². The van der Waals surface area contributed by atoms with Crippen molar-refractivity contribution in [1.82, 2.24) is 4.98 Å². The number of nitrogens with zero attached hydrogens (tertiary/aromatic N) is 1. The number of rotatable bonds is 4. The first-order chi connectivity index (χ1) is 11.9. The van der Waals surface area contributed by atoms with Gasteiger partial charge in [0.05, 0.1) is 12.1 Å². The van der Waals surface area contributed by atoms with E-state index in [1.54, 1.807) is 12.1 Å². The number of hydrogen-bond acceptors (Lipinski definition) is 3. The van der Waals surface area contributed by atoms with Gasteiger partial charge in [0.25, 0.3) is 0 Å². The van der Waals surface area contributed by atoms with Gasteiger partial charge in [-0.3, -0.25) is 4.79 Å². The van der Waals surface area contributed by atoms with Crippen molar-refractivity contribution in [3.8, 4) is 11.3 Å². The molecule has 0 aliphatic carbocycles. The lowest BCUT2D eigenvalue weighted by Gasteiger charge is -2.07. The van der Waals surface area contributed by atoms with Crippen LogP contribution in [-0.4, -0.2) is 10.9 Å².